The van der Waals surface area contributed by atoms with Crippen molar-refractivity contribution in [1.82, 2.24) is 5.32 Å². The number of hydrogen-bond donors (Lipinski definition) is 1. The molecule has 0 aromatic carbocycles. The molecule has 0 amide bonds. The van der Waals surface area contributed by atoms with Crippen molar-refractivity contribution < 1.29 is 0 Å². The van der Waals surface area contributed by atoms with Gasteiger partial charge in [-0.1, -0.05) is 20.8 Å². The van der Waals surface area contributed by atoms with Gasteiger partial charge < -0.3 is 5.32 Å². The molecule has 3 rings (SSSR count). The number of fused-ring (bicyclic) bond motifs is 2. The molecule has 2 aliphatic rings. The minimum Gasteiger partial charge on any atom is -0.306 e. The van der Waals surface area contributed by atoms with E-state index in [9.17, 15) is 0 Å². The second kappa shape index (κ2) is 4.33. The first kappa shape index (κ1) is 13.6. The van der Waals surface area contributed by atoms with E-state index in [-0.39, 0.29) is 0 Å². The summed E-state index contributed by atoms with van der Waals surface area (Å²) in [5, 5.41) is 3.95. The molecule has 1 heterocycles. The smallest absolute Gasteiger partial charge is 0.0388 e. The second-order valence-corrected chi connectivity index (χ2v) is 8.82. The van der Waals surface area contributed by atoms with Gasteiger partial charge in [0.25, 0.3) is 0 Å². The van der Waals surface area contributed by atoms with Crippen LogP contribution < -0.4 is 5.32 Å². The first-order valence-corrected chi connectivity index (χ1v) is 8.48. The third-order valence-electron chi connectivity index (χ3n) is 6.43. The molecule has 2 heteroatoms. The summed E-state index contributed by atoms with van der Waals surface area (Å²) < 4.78 is 0. The molecule has 0 saturated heterocycles. The lowest BCUT2D eigenvalue weighted by atomic mass is 9.69. The van der Waals surface area contributed by atoms with E-state index < -0.39 is 0 Å². The average Bonchev–Trinajstić information content (AvgIpc) is 2.91. The van der Waals surface area contributed by atoms with Crippen molar-refractivity contribution in [3.05, 3.63) is 21.9 Å². The number of rotatable bonds is 3. The van der Waals surface area contributed by atoms with E-state index in [4.69, 9.17) is 0 Å². The van der Waals surface area contributed by atoms with Crippen LogP contribution in [0.1, 0.15) is 62.8 Å². The molecule has 0 aliphatic heterocycles. The summed E-state index contributed by atoms with van der Waals surface area (Å²) in [4.78, 5) is 2.91. The van der Waals surface area contributed by atoms with Gasteiger partial charge in [-0.25, -0.2) is 0 Å². The summed E-state index contributed by atoms with van der Waals surface area (Å²) in [6.07, 6.45) is 4.21. The van der Waals surface area contributed by atoms with Gasteiger partial charge in [-0.05, 0) is 62.0 Å². The number of thiophene rings is 1. The van der Waals surface area contributed by atoms with Crippen molar-refractivity contribution in [2.45, 2.75) is 66.0 Å². The molecule has 2 aliphatic carbocycles. The molecule has 4 atom stereocenters. The molecular formula is C17H27NS. The van der Waals surface area contributed by atoms with Gasteiger partial charge in [-0.2, -0.15) is 0 Å². The van der Waals surface area contributed by atoms with Gasteiger partial charge in [-0.3, -0.25) is 0 Å². The zero-order valence-electron chi connectivity index (χ0n) is 12.9. The first-order chi connectivity index (χ1) is 8.84. The highest BCUT2D eigenvalue weighted by Gasteiger charge is 2.61. The number of nitrogens with one attached hydrogen (secondary N) is 1. The Balaban J connectivity index is 1.75. The Hall–Kier alpha value is -0.340. The lowest BCUT2D eigenvalue weighted by molar-refractivity contribution is 0.116. The summed E-state index contributed by atoms with van der Waals surface area (Å²) in [5.74, 6) is 0.923. The minimum atomic E-state index is 0.484. The quantitative estimate of drug-likeness (QED) is 0.826. The number of hydrogen-bond acceptors (Lipinski definition) is 2. The maximum absolute atomic E-state index is 3.95. The van der Waals surface area contributed by atoms with Crippen molar-refractivity contribution in [2.75, 3.05) is 0 Å². The second-order valence-electron chi connectivity index (χ2n) is 7.50. The zero-order valence-corrected chi connectivity index (χ0v) is 13.7. The third kappa shape index (κ3) is 1.91. The molecule has 1 N–H and O–H groups in total. The Morgan fingerprint density at radius 3 is 2.53 bits per heavy atom. The standard InChI is InChI=1S/C17H27NS/c1-11-6-7-14(19-11)12(2)18-15-10-13-8-9-17(15,5)16(13,3)4/h6-7,12-13,15,18H,8-10H2,1-5H3. The van der Waals surface area contributed by atoms with E-state index in [2.05, 4.69) is 52.1 Å². The molecule has 1 nitrogen and oxygen atoms in total. The summed E-state index contributed by atoms with van der Waals surface area (Å²) in [6, 6.07) is 5.72. The van der Waals surface area contributed by atoms with Crippen molar-refractivity contribution in [1.29, 1.82) is 0 Å². The number of aryl methyl sites for hydroxylation is 1. The third-order valence-corrected chi connectivity index (χ3v) is 7.62. The molecule has 2 bridgehead atoms. The Morgan fingerprint density at radius 1 is 1.32 bits per heavy atom. The van der Waals surface area contributed by atoms with Crippen LogP contribution in [-0.2, 0) is 0 Å². The van der Waals surface area contributed by atoms with Crippen LogP contribution in [0.5, 0.6) is 0 Å². The van der Waals surface area contributed by atoms with Gasteiger partial charge in [0.05, 0.1) is 0 Å². The summed E-state index contributed by atoms with van der Waals surface area (Å²) in [7, 11) is 0. The highest BCUT2D eigenvalue weighted by atomic mass is 32.1. The van der Waals surface area contributed by atoms with Crippen molar-refractivity contribution in [2.24, 2.45) is 16.7 Å². The van der Waals surface area contributed by atoms with Crippen LogP contribution >= 0.6 is 11.3 Å². The molecule has 1 aromatic heterocycles. The molecule has 0 spiro atoms. The van der Waals surface area contributed by atoms with Crippen LogP contribution in [0.3, 0.4) is 0 Å². The molecular weight excluding hydrogens is 250 g/mol. The molecule has 0 radical (unpaired) electrons. The van der Waals surface area contributed by atoms with Crippen LogP contribution in [0.4, 0.5) is 0 Å². The Kier molecular flexibility index (Phi) is 3.10. The van der Waals surface area contributed by atoms with Gasteiger partial charge in [0.2, 0.25) is 0 Å². The topological polar surface area (TPSA) is 12.0 Å². The lowest BCUT2D eigenvalue weighted by Crippen LogP contribution is -2.45. The zero-order chi connectivity index (χ0) is 13.8. The predicted octanol–water partition coefficient (Wildman–Crippen LogP) is 4.92. The maximum Gasteiger partial charge on any atom is 0.0388 e. The Bertz CT molecular complexity index is 475. The predicted molar refractivity (Wildman–Crippen MR) is 83.6 cm³/mol. The van der Waals surface area contributed by atoms with Crippen molar-refractivity contribution in [3.63, 3.8) is 0 Å². The maximum atomic E-state index is 3.95. The van der Waals surface area contributed by atoms with Gasteiger partial charge in [-0.15, -0.1) is 11.3 Å². The molecule has 4 unspecified atom stereocenters. The monoisotopic (exact) mass is 277 g/mol. The van der Waals surface area contributed by atoms with Crippen molar-refractivity contribution in [3.8, 4) is 0 Å². The fourth-order valence-corrected chi connectivity index (χ4v) is 5.41. The molecule has 106 valence electrons. The Morgan fingerprint density at radius 2 is 2.05 bits per heavy atom. The fraction of sp³-hybridized carbons (Fsp3) is 0.765. The van der Waals surface area contributed by atoms with Gasteiger partial charge in [0.1, 0.15) is 0 Å². The highest BCUT2D eigenvalue weighted by Crippen LogP contribution is 2.65. The van der Waals surface area contributed by atoms with E-state index in [1.54, 1.807) is 0 Å². The van der Waals surface area contributed by atoms with Gasteiger partial charge in [0, 0.05) is 21.8 Å². The van der Waals surface area contributed by atoms with Gasteiger partial charge >= 0.3 is 0 Å². The van der Waals surface area contributed by atoms with E-state index in [0.29, 0.717) is 22.9 Å². The lowest BCUT2D eigenvalue weighted by Gasteiger charge is -2.40. The Labute approximate surface area is 121 Å². The molecule has 1 aromatic rings. The largest absolute Gasteiger partial charge is 0.306 e. The van der Waals surface area contributed by atoms with Crippen LogP contribution in [0.25, 0.3) is 0 Å². The summed E-state index contributed by atoms with van der Waals surface area (Å²) in [6.45, 7) is 12.0. The first-order valence-electron chi connectivity index (χ1n) is 7.67. The van der Waals surface area contributed by atoms with Crippen LogP contribution in [0, 0.1) is 23.7 Å². The fourth-order valence-electron chi connectivity index (χ4n) is 4.53. The highest BCUT2D eigenvalue weighted by molar-refractivity contribution is 7.12. The van der Waals surface area contributed by atoms with Crippen LogP contribution in [0.2, 0.25) is 0 Å². The van der Waals surface area contributed by atoms with Crippen LogP contribution in [-0.4, -0.2) is 6.04 Å². The normalized spacial score (nSPS) is 37.7. The van der Waals surface area contributed by atoms with Gasteiger partial charge in [0.15, 0.2) is 0 Å². The SMILES string of the molecule is Cc1ccc(C(C)NC2CC3CCC2(C)C3(C)C)s1. The van der Waals surface area contributed by atoms with E-state index in [1.807, 2.05) is 11.3 Å². The van der Waals surface area contributed by atoms with Crippen LogP contribution in [0.15, 0.2) is 12.1 Å². The van der Waals surface area contributed by atoms with Crippen molar-refractivity contribution >= 4 is 11.3 Å². The minimum absolute atomic E-state index is 0.484. The molecule has 19 heavy (non-hydrogen) atoms. The van der Waals surface area contributed by atoms with E-state index in [0.717, 1.165) is 5.92 Å². The summed E-state index contributed by atoms with van der Waals surface area (Å²) in [5.41, 5.74) is 0.994. The molecule has 2 saturated carbocycles. The molecule has 2 fully saturated rings. The summed E-state index contributed by atoms with van der Waals surface area (Å²) >= 11 is 1.94. The van der Waals surface area contributed by atoms with E-state index in [1.165, 1.54) is 29.0 Å². The van der Waals surface area contributed by atoms with E-state index >= 15 is 0 Å². The average molecular weight is 277 g/mol.